The number of amides is 1. The number of carbonyl (C=O) groups excluding carboxylic acids is 1. The molecule has 0 aliphatic heterocycles. The number of nitrogens with one attached hydrogen (secondary N) is 1. The van der Waals surface area contributed by atoms with Gasteiger partial charge < -0.3 is 11.1 Å². The SMILES string of the molecule is C.Nc1cnc(Cl)nc1Cl.O=C(Nc1cnc(Cl)nc1Cl)C(F)(F)F. The largest absolute Gasteiger partial charge is 0.471 e. The molecule has 0 atom stereocenters. The summed E-state index contributed by atoms with van der Waals surface area (Å²) in [5.74, 6) is -2.16. The van der Waals surface area contributed by atoms with Crippen molar-refractivity contribution >= 4 is 63.7 Å². The molecule has 14 heteroatoms. The van der Waals surface area contributed by atoms with E-state index in [9.17, 15) is 18.0 Å². The summed E-state index contributed by atoms with van der Waals surface area (Å²) in [6, 6.07) is 0. The third-order valence-corrected chi connectivity index (χ3v) is 2.91. The van der Waals surface area contributed by atoms with E-state index in [1.807, 2.05) is 0 Å². The Morgan fingerprint density at radius 2 is 1.48 bits per heavy atom. The highest BCUT2D eigenvalue weighted by Gasteiger charge is 2.39. The van der Waals surface area contributed by atoms with Crippen molar-refractivity contribution in [1.29, 1.82) is 0 Å². The number of alkyl halides is 3. The van der Waals surface area contributed by atoms with Crippen LogP contribution in [0.5, 0.6) is 0 Å². The summed E-state index contributed by atoms with van der Waals surface area (Å²) >= 11 is 21.5. The summed E-state index contributed by atoms with van der Waals surface area (Å²) in [6.45, 7) is 0. The molecule has 0 spiro atoms. The summed E-state index contributed by atoms with van der Waals surface area (Å²) in [5.41, 5.74) is 5.25. The maximum atomic E-state index is 11.8. The fourth-order valence-corrected chi connectivity index (χ4v) is 1.63. The van der Waals surface area contributed by atoms with Crippen molar-refractivity contribution in [2.45, 2.75) is 13.6 Å². The lowest BCUT2D eigenvalue weighted by Gasteiger charge is -2.07. The van der Waals surface area contributed by atoms with Gasteiger partial charge in [-0.25, -0.2) is 19.9 Å². The molecule has 25 heavy (non-hydrogen) atoms. The molecular formula is C11H9Cl4F3N6O. The third kappa shape index (κ3) is 7.86. The van der Waals surface area contributed by atoms with E-state index in [-0.39, 0.29) is 34.0 Å². The average molecular weight is 440 g/mol. The number of rotatable bonds is 1. The quantitative estimate of drug-likeness (QED) is 0.507. The second kappa shape index (κ2) is 9.76. The van der Waals surface area contributed by atoms with Gasteiger partial charge in [0.2, 0.25) is 10.6 Å². The summed E-state index contributed by atoms with van der Waals surface area (Å²) in [5, 5.41) is 1.19. The number of hydrogen-bond acceptors (Lipinski definition) is 6. The topological polar surface area (TPSA) is 107 Å². The van der Waals surface area contributed by atoms with Crippen LogP contribution in [0, 0.1) is 0 Å². The van der Waals surface area contributed by atoms with Crippen LogP contribution in [0.4, 0.5) is 24.5 Å². The molecule has 0 aliphatic carbocycles. The molecule has 0 radical (unpaired) electrons. The molecule has 1 amide bonds. The zero-order valence-corrected chi connectivity index (χ0v) is 14.1. The molecule has 2 heterocycles. The first-order chi connectivity index (χ1) is 11.0. The number of hydrogen-bond donors (Lipinski definition) is 2. The van der Waals surface area contributed by atoms with Crippen molar-refractivity contribution in [2.24, 2.45) is 0 Å². The van der Waals surface area contributed by atoms with Crippen molar-refractivity contribution < 1.29 is 18.0 Å². The van der Waals surface area contributed by atoms with E-state index < -0.39 is 12.1 Å². The molecule has 0 fully saturated rings. The van der Waals surface area contributed by atoms with E-state index in [0.29, 0.717) is 5.69 Å². The van der Waals surface area contributed by atoms with Gasteiger partial charge in [0.15, 0.2) is 10.3 Å². The van der Waals surface area contributed by atoms with Crippen molar-refractivity contribution in [1.82, 2.24) is 19.9 Å². The monoisotopic (exact) mass is 438 g/mol. The normalized spacial score (nSPS) is 10.2. The van der Waals surface area contributed by atoms with Gasteiger partial charge >= 0.3 is 12.1 Å². The zero-order chi connectivity index (χ0) is 18.5. The minimum absolute atomic E-state index is 0. The molecule has 7 nitrogen and oxygen atoms in total. The Morgan fingerprint density at radius 1 is 1.00 bits per heavy atom. The molecule has 0 saturated heterocycles. The van der Waals surface area contributed by atoms with Gasteiger partial charge in [-0.15, -0.1) is 0 Å². The van der Waals surface area contributed by atoms with Crippen LogP contribution >= 0.6 is 46.4 Å². The molecule has 2 aromatic rings. The van der Waals surface area contributed by atoms with E-state index in [1.54, 1.807) is 0 Å². The van der Waals surface area contributed by atoms with Crippen LogP contribution in [0.15, 0.2) is 12.4 Å². The fourth-order valence-electron chi connectivity index (χ4n) is 0.969. The number of carbonyl (C=O) groups is 1. The smallest absolute Gasteiger partial charge is 0.395 e. The van der Waals surface area contributed by atoms with Gasteiger partial charge in [-0.05, 0) is 23.2 Å². The number of anilines is 2. The van der Waals surface area contributed by atoms with Gasteiger partial charge in [0.05, 0.1) is 23.8 Å². The minimum atomic E-state index is -5.00. The van der Waals surface area contributed by atoms with Crippen LogP contribution in [0.1, 0.15) is 7.43 Å². The molecule has 138 valence electrons. The first-order valence-electron chi connectivity index (χ1n) is 5.50. The van der Waals surface area contributed by atoms with Crippen LogP contribution in [0.3, 0.4) is 0 Å². The third-order valence-electron chi connectivity index (χ3n) is 1.96. The van der Waals surface area contributed by atoms with E-state index in [0.717, 1.165) is 6.20 Å². The lowest BCUT2D eigenvalue weighted by molar-refractivity contribution is -0.167. The zero-order valence-electron chi connectivity index (χ0n) is 11.1. The molecule has 0 aromatic carbocycles. The minimum Gasteiger partial charge on any atom is -0.395 e. The maximum absolute atomic E-state index is 11.8. The lowest BCUT2D eigenvalue weighted by atomic mass is 10.5. The van der Waals surface area contributed by atoms with Gasteiger partial charge in [0, 0.05) is 0 Å². The lowest BCUT2D eigenvalue weighted by Crippen LogP contribution is -2.30. The number of nitrogen functional groups attached to an aromatic ring is 1. The Kier molecular flexibility index (Phi) is 9.12. The fraction of sp³-hybridized carbons (Fsp3) is 0.182. The molecule has 0 bridgehead atoms. The van der Waals surface area contributed by atoms with Crippen molar-refractivity contribution in [3.63, 3.8) is 0 Å². The van der Waals surface area contributed by atoms with Crippen molar-refractivity contribution in [3.05, 3.63) is 33.3 Å². The predicted molar refractivity (Wildman–Crippen MR) is 89.9 cm³/mol. The number of nitrogens with two attached hydrogens (primary N) is 1. The summed E-state index contributed by atoms with van der Waals surface area (Å²) in [6.07, 6.45) is -2.76. The Bertz CT molecular complexity index is 746. The van der Waals surface area contributed by atoms with Gasteiger partial charge in [-0.3, -0.25) is 4.79 Å². The van der Waals surface area contributed by atoms with Crippen LogP contribution < -0.4 is 11.1 Å². The number of aromatic nitrogens is 4. The molecule has 2 aromatic heterocycles. The van der Waals surface area contributed by atoms with Gasteiger partial charge in [-0.2, -0.15) is 13.2 Å². The van der Waals surface area contributed by atoms with E-state index in [4.69, 9.17) is 52.1 Å². The highest BCUT2D eigenvalue weighted by atomic mass is 35.5. The second-order valence-corrected chi connectivity index (χ2v) is 5.07. The summed E-state index contributed by atoms with van der Waals surface area (Å²) < 4.78 is 35.5. The van der Waals surface area contributed by atoms with Crippen LogP contribution in [-0.2, 0) is 4.79 Å². The summed E-state index contributed by atoms with van der Waals surface area (Å²) in [4.78, 5) is 24.3. The first kappa shape index (κ1) is 23.4. The van der Waals surface area contributed by atoms with Gasteiger partial charge in [0.1, 0.15) is 0 Å². The van der Waals surface area contributed by atoms with Crippen LogP contribution in [-0.4, -0.2) is 32.0 Å². The molecule has 2 rings (SSSR count). The van der Waals surface area contributed by atoms with E-state index in [2.05, 4.69) is 19.9 Å². The van der Waals surface area contributed by atoms with Crippen molar-refractivity contribution in [2.75, 3.05) is 11.1 Å². The molecule has 0 aliphatic rings. The molecular weight excluding hydrogens is 431 g/mol. The van der Waals surface area contributed by atoms with Crippen LogP contribution in [0.25, 0.3) is 0 Å². The van der Waals surface area contributed by atoms with Crippen molar-refractivity contribution in [3.8, 4) is 0 Å². The Hall–Kier alpha value is -1.62. The Labute approximate surface area is 159 Å². The highest BCUT2D eigenvalue weighted by Crippen LogP contribution is 2.23. The average Bonchev–Trinajstić information content (AvgIpc) is 2.46. The van der Waals surface area contributed by atoms with Gasteiger partial charge in [-0.1, -0.05) is 30.6 Å². The standard InChI is InChI=1S/C6H2Cl2F3N3O.C4H3Cl2N3.CH4/c7-3-2(1-12-5(8)14-3)13-4(15)6(9,10)11;5-3-2(7)1-8-4(6)9-3;/h1H,(H,13,15);1H,7H2;1H4. The van der Waals surface area contributed by atoms with E-state index in [1.165, 1.54) is 11.5 Å². The molecule has 3 N–H and O–H groups in total. The van der Waals surface area contributed by atoms with E-state index >= 15 is 0 Å². The molecule has 0 unspecified atom stereocenters. The maximum Gasteiger partial charge on any atom is 0.471 e. The summed E-state index contributed by atoms with van der Waals surface area (Å²) in [7, 11) is 0. The predicted octanol–water partition coefficient (Wildman–Crippen LogP) is 4.29. The Balaban J connectivity index is 0.000000495. The molecule has 0 saturated carbocycles. The van der Waals surface area contributed by atoms with Crippen LogP contribution in [0.2, 0.25) is 20.9 Å². The number of nitrogens with zero attached hydrogens (tertiary/aromatic N) is 4. The first-order valence-corrected chi connectivity index (χ1v) is 7.01. The Morgan fingerprint density at radius 3 is 1.88 bits per heavy atom. The number of halogens is 7. The van der Waals surface area contributed by atoms with Gasteiger partial charge in [0.25, 0.3) is 0 Å². The second-order valence-electron chi connectivity index (χ2n) is 3.68. The highest BCUT2D eigenvalue weighted by molar-refractivity contribution is 6.34.